The van der Waals surface area contributed by atoms with Crippen LogP contribution in [0, 0.1) is 5.41 Å². The summed E-state index contributed by atoms with van der Waals surface area (Å²) in [5.74, 6) is 1.26. The summed E-state index contributed by atoms with van der Waals surface area (Å²) in [7, 11) is 0. The molecule has 0 saturated heterocycles. The molecule has 1 aromatic heterocycles. The van der Waals surface area contributed by atoms with Crippen molar-refractivity contribution in [2.24, 2.45) is 5.41 Å². The number of hydrogen-bond donors (Lipinski definition) is 1. The van der Waals surface area contributed by atoms with E-state index in [1.54, 1.807) is 0 Å². The summed E-state index contributed by atoms with van der Waals surface area (Å²) in [6.45, 7) is 16.8. The topological polar surface area (TPSA) is 29.9 Å². The van der Waals surface area contributed by atoms with E-state index in [0.29, 0.717) is 5.41 Å². The van der Waals surface area contributed by atoms with E-state index >= 15 is 0 Å². The van der Waals surface area contributed by atoms with Gasteiger partial charge in [0.15, 0.2) is 0 Å². The molecule has 1 aliphatic rings. The highest BCUT2D eigenvalue weighted by Gasteiger charge is 2.27. The maximum absolute atomic E-state index is 4.92. The lowest BCUT2D eigenvalue weighted by Gasteiger charge is -2.25. The molecule has 0 spiro atoms. The van der Waals surface area contributed by atoms with Gasteiger partial charge in [0.25, 0.3) is 0 Å². The fourth-order valence-electron chi connectivity index (χ4n) is 2.63. The van der Waals surface area contributed by atoms with Gasteiger partial charge in [0.1, 0.15) is 5.82 Å². The molecule has 1 N–H and O–H groups in total. The van der Waals surface area contributed by atoms with Crippen LogP contribution in [-0.2, 0) is 24.9 Å². The summed E-state index contributed by atoms with van der Waals surface area (Å²) in [6.07, 6.45) is 2.31. The van der Waals surface area contributed by atoms with Crippen molar-refractivity contribution in [2.45, 2.75) is 72.9 Å². The third kappa shape index (κ3) is 3.38. The van der Waals surface area contributed by atoms with Gasteiger partial charge in [0.05, 0.1) is 5.69 Å². The first-order valence-corrected chi connectivity index (χ1v) is 7.48. The van der Waals surface area contributed by atoms with Crippen LogP contribution >= 0.6 is 0 Å². The normalized spacial score (nSPS) is 16.5. The summed E-state index contributed by atoms with van der Waals surface area (Å²) < 4.78 is 2.50. The van der Waals surface area contributed by atoms with Crippen molar-refractivity contribution in [1.82, 2.24) is 14.9 Å². The third-order valence-electron chi connectivity index (χ3n) is 3.74. The highest BCUT2D eigenvalue weighted by atomic mass is 15.1. The van der Waals surface area contributed by atoms with Crippen LogP contribution in [-0.4, -0.2) is 16.1 Å². The SMILES string of the molecule is CC(C)(C)CCn1c(C(C)(C)C)nc2c1CCNC2. The molecule has 0 aromatic carbocycles. The number of hydrogen-bond acceptors (Lipinski definition) is 2. The third-order valence-corrected chi connectivity index (χ3v) is 3.74. The van der Waals surface area contributed by atoms with Crippen molar-refractivity contribution in [3.05, 3.63) is 17.2 Å². The van der Waals surface area contributed by atoms with Crippen molar-refractivity contribution in [2.75, 3.05) is 6.54 Å². The number of aromatic nitrogens is 2. The fraction of sp³-hybridized carbons (Fsp3) is 0.812. The minimum absolute atomic E-state index is 0.120. The van der Waals surface area contributed by atoms with Crippen molar-refractivity contribution in [3.8, 4) is 0 Å². The molecule has 0 aliphatic carbocycles. The van der Waals surface area contributed by atoms with Gasteiger partial charge in [0.2, 0.25) is 0 Å². The van der Waals surface area contributed by atoms with Crippen molar-refractivity contribution < 1.29 is 0 Å². The quantitative estimate of drug-likeness (QED) is 0.887. The average molecular weight is 263 g/mol. The van der Waals surface area contributed by atoms with Crippen LogP contribution in [0.25, 0.3) is 0 Å². The van der Waals surface area contributed by atoms with Gasteiger partial charge in [0, 0.05) is 37.2 Å². The zero-order chi connectivity index (χ0) is 14.3. The average Bonchev–Trinajstić information content (AvgIpc) is 2.63. The standard InChI is InChI=1S/C16H29N3/c1-15(2,3)8-10-19-13-7-9-17-11-12(13)18-14(19)16(4,5)6/h17H,7-11H2,1-6H3. The van der Waals surface area contributed by atoms with E-state index in [1.165, 1.54) is 23.6 Å². The van der Waals surface area contributed by atoms with E-state index in [4.69, 9.17) is 4.98 Å². The molecule has 0 fully saturated rings. The number of fused-ring (bicyclic) bond motifs is 1. The molecule has 0 unspecified atom stereocenters. The second kappa shape index (κ2) is 4.93. The van der Waals surface area contributed by atoms with Crippen LogP contribution < -0.4 is 5.32 Å². The van der Waals surface area contributed by atoms with Gasteiger partial charge < -0.3 is 9.88 Å². The molecule has 108 valence electrons. The second-order valence-corrected chi connectivity index (χ2v) is 7.97. The van der Waals surface area contributed by atoms with Gasteiger partial charge >= 0.3 is 0 Å². The Morgan fingerprint density at radius 2 is 1.84 bits per heavy atom. The highest BCUT2D eigenvalue weighted by Crippen LogP contribution is 2.28. The Morgan fingerprint density at radius 3 is 2.42 bits per heavy atom. The van der Waals surface area contributed by atoms with Gasteiger partial charge in [-0.2, -0.15) is 0 Å². The second-order valence-electron chi connectivity index (χ2n) is 7.97. The van der Waals surface area contributed by atoms with Crippen LogP contribution in [0.1, 0.15) is 65.2 Å². The lowest BCUT2D eigenvalue weighted by atomic mass is 9.91. The van der Waals surface area contributed by atoms with Gasteiger partial charge in [-0.05, 0) is 11.8 Å². The molecule has 0 bridgehead atoms. The minimum Gasteiger partial charge on any atom is -0.331 e. The Kier molecular flexibility index (Phi) is 3.78. The van der Waals surface area contributed by atoms with Crippen molar-refractivity contribution in [1.29, 1.82) is 0 Å². The highest BCUT2D eigenvalue weighted by molar-refractivity contribution is 5.23. The number of imidazole rings is 1. The largest absolute Gasteiger partial charge is 0.331 e. The Hall–Kier alpha value is -0.830. The molecule has 0 amide bonds. The molecular weight excluding hydrogens is 234 g/mol. The van der Waals surface area contributed by atoms with Gasteiger partial charge in [-0.3, -0.25) is 0 Å². The van der Waals surface area contributed by atoms with E-state index in [0.717, 1.165) is 26.1 Å². The summed E-state index contributed by atoms with van der Waals surface area (Å²) in [6, 6.07) is 0. The zero-order valence-corrected chi connectivity index (χ0v) is 13.4. The Bertz CT molecular complexity index is 444. The predicted molar refractivity (Wildman–Crippen MR) is 80.4 cm³/mol. The minimum atomic E-state index is 0.120. The van der Waals surface area contributed by atoms with Crippen LogP contribution in [0.15, 0.2) is 0 Å². The summed E-state index contributed by atoms with van der Waals surface area (Å²) in [4.78, 5) is 4.92. The summed E-state index contributed by atoms with van der Waals surface area (Å²) >= 11 is 0. The first kappa shape index (κ1) is 14.6. The lowest BCUT2D eigenvalue weighted by molar-refractivity contribution is 0.337. The van der Waals surface area contributed by atoms with Gasteiger partial charge in [-0.15, -0.1) is 0 Å². The summed E-state index contributed by atoms with van der Waals surface area (Å²) in [5.41, 5.74) is 3.23. The molecule has 0 saturated carbocycles. The predicted octanol–water partition coefficient (Wildman–Crippen LogP) is 3.26. The number of rotatable bonds is 2. The molecule has 3 nitrogen and oxygen atoms in total. The molecule has 1 aromatic rings. The Labute approximate surface area is 117 Å². The molecule has 2 heterocycles. The molecular formula is C16H29N3. The molecule has 2 rings (SSSR count). The Balaban J connectivity index is 2.35. The van der Waals surface area contributed by atoms with E-state index in [9.17, 15) is 0 Å². The molecule has 19 heavy (non-hydrogen) atoms. The Morgan fingerprint density at radius 1 is 1.16 bits per heavy atom. The van der Waals surface area contributed by atoms with Crippen molar-refractivity contribution in [3.63, 3.8) is 0 Å². The lowest BCUT2D eigenvalue weighted by Crippen LogP contribution is -2.26. The molecule has 3 heteroatoms. The van der Waals surface area contributed by atoms with E-state index in [2.05, 4.69) is 51.4 Å². The number of nitrogens with one attached hydrogen (secondary N) is 1. The first-order valence-electron chi connectivity index (χ1n) is 7.48. The van der Waals surface area contributed by atoms with E-state index < -0.39 is 0 Å². The van der Waals surface area contributed by atoms with Crippen LogP contribution in [0.2, 0.25) is 0 Å². The summed E-state index contributed by atoms with van der Waals surface area (Å²) in [5, 5.41) is 3.43. The number of nitrogens with zero attached hydrogens (tertiary/aromatic N) is 2. The molecule has 0 atom stereocenters. The molecule has 0 radical (unpaired) electrons. The molecule has 1 aliphatic heterocycles. The fourth-order valence-corrected chi connectivity index (χ4v) is 2.63. The van der Waals surface area contributed by atoms with Crippen molar-refractivity contribution >= 4 is 0 Å². The maximum atomic E-state index is 4.92. The van der Waals surface area contributed by atoms with Crippen LogP contribution in [0.3, 0.4) is 0 Å². The first-order chi connectivity index (χ1) is 8.68. The van der Waals surface area contributed by atoms with Crippen LogP contribution in [0.5, 0.6) is 0 Å². The van der Waals surface area contributed by atoms with Crippen LogP contribution in [0.4, 0.5) is 0 Å². The van der Waals surface area contributed by atoms with Gasteiger partial charge in [-0.1, -0.05) is 41.5 Å². The van der Waals surface area contributed by atoms with E-state index in [1.807, 2.05) is 0 Å². The van der Waals surface area contributed by atoms with Gasteiger partial charge in [-0.25, -0.2) is 4.98 Å². The zero-order valence-electron chi connectivity index (χ0n) is 13.4. The monoisotopic (exact) mass is 263 g/mol. The smallest absolute Gasteiger partial charge is 0.114 e. The maximum Gasteiger partial charge on any atom is 0.114 e. The van der Waals surface area contributed by atoms with E-state index in [-0.39, 0.29) is 5.41 Å².